The Morgan fingerprint density at radius 3 is 2.83 bits per heavy atom. The maximum absolute atomic E-state index is 12.1. The zero-order valence-electron chi connectivity index (χ0n) is 10.8. The van der Waals surface area contributed by atoms with Gasteiger partial charge in [0.2, 0.25) is 0 Å². The number of carbonyl (C=O) groups is 1. The third-order valence-electron chi connectivity index (χ3n) is 2.78. The van der Waals surface area contributed by atoms with Gasteiger partial charge >= 0.3 is 0 Å². The molecule has 0 unspecified atom stereocenters. The van der Waals surface area contributed by atoms with Crippen LogP contribution in [0, 0.1) is 6.92 Å². The summed E-state index contributed by atoms with van der Waals surface area (Å²) in [7, 11) is 3.45. The summed E-state index contributed by atoms with van der Waals surface area (Å²) < 4.78 is 7.03. The predicted molar refractivity (Wildman–Crippen MR) is 69.0 cm³/mol. The summed E-state index contributed by atoms with van der Waals surface area (Å²) >= 11 is 0. The van der Waals surface area contributed by atoms with E-state index < -0.39 is 0 Å². The summed E-state index contributed by atoms with van der Waals surface area (Å²) in [6.07, 6.45) is 3.66. The standard InChI is InChI=1S/C14H16N2O2/c1-10-4-5-14(18-3)11(6-10)7-13(17)12-8-16(2)9-15-12/h4-6,8-9H,7H2,1-3H3. The maximum atomic E-state index is 12.1. The van der Waals surface area contributed by atoms with Crippen LogP contribution in [0.15, 0.2) is 30.7 Å². The smallest absolute Gasteiger partial charge is 0.187 e. The molecular formula is C14H16N2O2. The van der Waals surface area contributed by atoms with E-state index in [1.54, 1.807) is 24.2 Å². The van der Waals surface area contributed by atoms with E-state index in [0.29, 0.717) is 12.1 Å². The Morgan fingerprint density at radius 2 is 2.22 bits per heavy atom. The van der Waals surface area contributed by atoms with Crippen LogP contribution in [0.1, 0.15) is 21.6 Å². The summed E-state index contributed by atoms with van der Waals surface area (Å²) in [5, 5.41) is 0. The van der Waals surface area contributed by atoms with E-state index in [1.165, 1.54) is 0 Å². The van der Waals surface area contributed by atoms with Crippen molar-refractivity contribution in [3.05, 3.63) is 47.5 Å². The first-order valence-corrected chi connectivity index (χ1v) is 5.75. The normalized spacial score (nSPS) is 10.4. The highest BCUT2D eigenvalue weighted by Crippen LogP contribution is 2.21. The minimum absolute atomic E-state index is 0.000463. The van der Waals surface area contributed by atoms with Crippen LogP contribution in [0.4, 0.5) is 0 Å². The molecule has 2 rings (SSSR count). The molecule has 4 nitrogen and oxygen atoms in total. The van der Waals surface area contributed by atoms with E-state index >= 15 is 0 Å². The molecule has 2 aromatic rings. The van der Waals surface area contributed by atoms with Gasteiger partial charge in [-0.15, -0.1) is 0 Å². The van der Waals surface area contributed by atoms with E-state index in [1.807, 2.05) is 32.2 Å². The molecule has 0 radical (unpaired) electrons. The number of aryl methyl sites for hydroxylation is 2. The fraction of sp³-hybridized carbons (Fsp3) is 0.286. The molecule has 0 amide bonds. The number of imidazole rings is 1. The zero-order valence-corrected chi connectivity index (χ0v) is 10.8. The van der Waals surface area contributed by atoms with Gasteiger partial charge in [0.15, 0.2) is 5.78 Å². The van der Waals surface area contributed by atoms with Crippen molar-refractivity contribution in [1.82, 2.24) is 9.55 Å². The Kier molecular flexibility index (Phi) is 3.46. The van der Waals surface area contributed by atoms with Crippen molar-refractivity contribution in [3.63, 3.8) is 0 Å². The third-order valence-corrected chi connectivity index (χ3v) is 2.78. The number of hydrogen-bond donors (Lipinski definition) is 0. The van der Waals surface area contributed by atoms with Crippen LogP contribution in [0.2, 0.25) is 0 Å². The number of rotatable bonds is 4. The Balaban J connectivity index is 2.23. The van der Waals surface area contributed by atoms with Crippen molar-refractivity contribution in [2.75, 3.05) is 7.11 Å². The molecule has 0 saturated carbocycles. The van der Waals surface area contributed by atoms with Crippen molar-refractivity contribution >= 4 is 5.78 Å². The number of benzene rings is 1. The van der Waals surface area contributed by atoms with Gasteiger partial charge in [-0.2, -0.15) is 0 Å². The molecule has 1 aromatic heterocycles. The van der Waals surface area contributed by atoms with E-state index in [4.69, 9.17) is 4.74 Å². The van der Waals surface area contributed by atoms with Gasteiger partial charge in [-0.3, -0.25) is 4.79 Å². The summed E-state index contributed by atoms with van der Waals surface area (Å²) in [5.41, 5.74) is 2.49. The molecule has 0 saturated heterocycles. The van der Waals surface area contributed by atoms with Gasteiger partial charge in [0.05, 0.1) is 13.4 Å². The molecule has 1 aromatic carbocycles. The van der Waals surface area contributed by atoms with Crippen molar-refractivity contribution in [2.24, 2.45) is 7.05 Å². The first-order valence-electron chi connectivity index (χ1n) is 5.75. The Labute approximate surface area is 106 Å². The van der Waals surface area contributed by atoms with Gasteiger partial charge in [-0.25, -0.2) is 4.98 Å². The van der Waals surface area contributed by atoms with Crippen molar-refractivity contribution in [3.8, 4) is 5.75 Å². The highest BCUT2D eigenvalue weighted by molar-refractivity contribution is 5.95. The van der Waals surface area contributed by atoms with Crippen LogP contribution in [0.3, 0.4) is 0 Å². The van der Waals surface area contributed by atoms with Crippen LogP contribution in [-0.4, -0.2) is 22.4 Å². The highest BCUT2D eigenvalue weighted by atomic mass is 16.5. The zero-order chi connectivity index (χ0) is 13.1. The van der Waals surface area contributed by atoms with Gasteiger partial charge in [-0.05, 0) is 13.0 Å². The van der Waals surface area contributed by atoms with Gasteiger partial charge in [0.1, 0.15) is 11.4 Å². The molecule has 0 aliphatic heterocycles. The molecule has 0 fully saturated rings. The van der Waals surface area contributed by atoms with Crippen LogP contribution in [0.5, 0.6) is 5.75 Å². The number of nitrogens with zero attached hydrogens (tertiary/aromatic N) is 2. The van der Waals surface area contributed by atoms with E-state index in [2.05, 4.69) is 4.98 Å². The highest BCUT2D eigenvalue weighted by Gasteiger charge is 2.13. The lowest BCUT2D eigenvalue weighted by atomic mass is 10.0. The van der Waals surface area contributed by atoms with E-state index in [9.17, 15) is 4.79 Å². The predicted octanol–water partition coefficient (Wildman–Crippen LogP) is 2.16. The second-order valence-electron chi connectivity index (χ2n) is 4.34. The molecule has 0 bridgehead atoms. The fourth-order valence-electron chi connectivity index (χ4n) is 1.87. The first kappa shape index (κ1) is 12.4. The fourth-order valence-corrected chi connectivity index (χ4v) is 1.87. The average Bonchev–Trinajstić information content (AvgIpc) is 2.76. The quantitative estimate of drug-likeness (QED) is 0.774. The topological polar surface area (TPSA) is 44.1 Å². The molecule has 0 spiro atoms. The molecule has 94 valence electrons. The number of Topliss-reactive ketones (excluding diaryl/α,β-unsaturated/α-hetero) is 1. The summed E-state index contributed by atoms with van der Waals surface area (Å²) in [6.45, 7) is 1.99. The number of ether oxygens (including phenoxy) is 1. The second kappa shape index (κ2) is 5.04. The van der Waals surface area contributed by atoms with Gasteiger partial charge < -0.3 is 9.30 Å². The Hall–Kier alpha value is -2.10. The minimum Gasteiger partial charge on any atom is -0.496 e. The lowest BCUT2D eigenvalue weighted by Crippen LogP contribution is -2.05. The van der Waals surface area contributed by atoms with E-state index in [0.717, 1.165) is 16.9 Å². The second-order valence-corrected chi connectivity index (χ2v) is 4.34. The largest absolute Gasteiger partial charge is 0.496 e. The van der Waals surface area contributed by atoms with Crippen molar-refractivity contribution < 1.29 is 9.53 Å². The van der Waals surface area contributed by atoms with E-state index in [-0.39, 0.29) is 5.78 Å². The molecule has 0 aliphatic carbocycles. The summed E-state index contributed by atoms with van der Waals surface area (Å²) in [6, 6.07) is 5.82. The maximum Gasteiger partial charge on any atom is 0.187 e. The van der Waals surface area contributed by atoms with Crippen molar-refractivity contribution in [1.29, 1.82) is 0 Å². The SMILES string of the molecule is COc1ccc(C)cc1CC(=O)c1cn(C)cn1. The first-order chi connectivity index (χ1) is 8.60. The average molecular weight is 244 g/mol. The Morgan fingerprint density at radius 1 is 1.44 bits per heavy atom. The third kappa shape index (κ3) is 2.59. The molecule has 0 N–H and O–H groups in total. The van der Waals surface area contributed by atoms with Crippen LogP contribution in [0.25, 0.3) is 0 Å². The number of methoxy groups -OCH3 is 1. The molecule has 0 aliphatic rings. The van der Waals surface area contributed by atoms with Crippen LogP contribution < -0.4 is 4.74 Å². The molecule has 4 heteroatoms. The molecule has 18 heavy (non-hydrogen) atoms. The van der Waals surface area contributed by atoms with Gasteiger partial charge in [0, 0.05) is 25.2 Å². The number of ketones is 1. The summed E-state index contributed by atoms with van der Waals surface area (Å²) in [5.74, 6) is 0.740. The van der Waals surface area contributed by atoms with Gasteiger partial charge in [0.25, 0.3) is 0 Å². The minimum atomic E-state index is -0.000463. The lowest BCUT2D eigenvalue weighted by Gasteiger charge is -2.08. The Bertz CT molecular complexity index is 573. The van der Waals surface area contributed by atoms with Crippen LogP contribution in [-0.2, 0) is 13.5 Å². The number of hydrogen-bond acceptors (Lipinski definition) is 3. The molecule has 0 atom stereocenters. The molecule has 1 heterocycles. The van der Waals surface area contributed by atoms with Crippen LogP contribution >= 0.6 is 0 Å². The number of aromatic nitrogens is 2. The van der Waals surface area contributed by atoms with Crippen molar-refractivity contribution in [2.45, 2.75) is 13.3 Å². The number of carbonyl (C=O) groups excluding carboxylic acids is 1. The lowest BCUT2D eigenvalue weighted by molar-refractivity contribution is 0.0987. The monoisotopic (exact) mass is 244 g/mol. The molecular weight excluding hydrogens is 228 g/mol. The van der Waals surface area contributed by atoms with Gasteiger partial charge in [-0.1, -0.05) is 17.7 Å². The summed E-state index contributed by atoms with van der Waals surface area (Å²) in [4.78, 5) is 16.1.